The topological polar surface area (TPSA) is 57.4 Å². The van der Waals surface area contributed by atoms with Crippen molar-refractivity contribution < 1.29 is 61.5 Å². The maximum atomic E-state index is 16.4. The molecule has 5 heterocycles. The second-order valence-corrected chi connectivity index (χ2v) is 15.1. The van der Waals surface area contributed by atoms with E-state index in [1.807, 2.05) is 0 Å². The van der Waals surface area contributed by atoms with Crippen LogP contribution in [0.5, 0.6) is 0 Å². The second-order valence-electron chi connectivity index (χ2n) is 14.2. The van der Waals surface area contributed by atoms with Crippen LogP contribution in [0.2, 0.25) is 0 Å². The average molecular weight is 922 g/mol. The predicted octanol–water partition coefficient (Wildman–Crippen LogP) is 14.9. The Kier molecular flexibility index (Phi) is 10.8. The number of nitrogens with zero attached hydrogens (tertiary/aromatic N) is 2. The maximum absolute atomic E-state index is 16.4. The van der Waals surface area contributed by atoms with E-state index in [4.69, 9.17) is 0 Å². The molecule has 0 spiro atoms. The quantitative estimate of drug-likeness (QED) is 0.112. The molecule has 3 aromatic heterocycles. The Labute approximate surface area is 350 Å². The van der Waals surface area contributed by atoms with Crippen molar-refractivity contribution in [2.45, 2.75) is 48.3 Å². The normalized spacial score (nSPS) is 14.4. The number of nitrogens with one attached hydrogen (secondary N) is 2. The molecule has 20 heteroatoms. The number of halogens is 16. The SMILES string of the molecule is Cc1cccc(-c2c3nc(c(C(F)(F)C(F)(F)C(F)(F)C(F)(F)Cl)c4nc(c(-c5cccc(C)c5)c5ccc([nH]5)c(/C(F)=C(\F)C(F)(F)C(F)(F)Cl)c5ccc2[nH]5)C=C4)C=C3)c1. The van der Waals surface area contributed by atoms with Crippen LogP contribution >= 0.6 is 23.2 Å². The molecule has 0 fully saturated rings. The zero-order chi connectivity index (χ0) is 45.5. The van der Waals surface area contributed by atoms with Crippen molar-refractivity contribution in [1.29, 1.82) is 0 Å². The van der Waals surface area contributed by atoms with E-state index in [0.717, 1.165) is 36.4 Å². The van der Waals surface area contributed by atoms with Crippen LogP contribution in [0.3, 0.4) is 0 Å². The summed E-state index contributed by atoms with van der Waals surface area (Å²) in [7, 11) is 0. The van der Waals surface area contributed by atoms with E-state index >= 15 is 26.3 Å². The van der Waals surface area contributed by atoms with Crippen LogP contribution in [0.1, 0.15) is 45.0 Å². The average Bonchev–Trinajstić information content (AvgIpc) is 4.01. The van der Waals surface area contributed by atoms with Crippen LogP contribution in [-0.4, -0.2) is 48.5 Å². The molecule has 8 bridgehead atoms. The van der Waals surface area contributed by atoms with Gasteiger partial charge >= 0.3 is 34.5 Å². The largest absolute Gasteiger partial charge is 0.393 e. The summed E-state index contributed by atoms with van der Waals surface area (Å²) >= 11 is 8.82. The highest BCUT2D eigenvalue weighted by atomic mass is 35.5. The smallest absolute Gasteiger partial charge is 0.354 e. The van der Waals surface area contributed by atoms with Gasteiger partial charge in [-0.3, -0.25) is 0 Å². The Hall–Kier alpha value is -5.62. The molecule has 4 nitrogen and oxygen atoms in total. The monoisotopic (exact) mass is 920 g/mol. The Bertz CT molecular complexity index is 2760. The lowest BCUT2D eigenvalue weighted by atomic mass is 9.94. The van der Waals surface area contributed by atoms with Crippen molar-refractivity contribution in [2.24, 2.45) is 0 Å². The van der Waals surface area contributed by atoms with Crippen LogP contribution in [-0.2, 0) is 5.92 Å². The molecule has 0 radical (unpaired) electrons. The fraction of sp³-hybridized carbons (Fsp3) is 0.190. The van der Waals surface area contributed by atoms with E-state index in [1.165, 1.54) is 36.4 Å². The van der Waals surface area contributed by atoms with Gasteiger partial charge in [0.2, 0.25) is 5.83 Å². The molecule has 2 N–H and O–H groups in total. The summed E-state index contributed by atoms with van der Waals surface area (Å²) in [5.41, 5.74) is -6.67. The molecular formula is C42H24Cl2F14N4. The molecule has 0 saturated carbocycles. The zero-order valence-electron chi connectivity index (χ0n) is 31.2. The second kappa shape index (κ2) is 15.0. The highest BCUT2D eigenvalue weighted by molar-refractivity contribution is 6.23. The molecular weight excluding hydrogens is 897 g/mol. The number of hydrogen-bond acceptors (Lipinski definition) is 2. The minimum Gasteiger partial charge on any atom is -0.354 e. The third-order valence-corrected chi connectivity index (χ3v) is 10.3. The van der Waals surface area contributed by atoms with Crippen molar-refractivity contribution in [3.8, 4) is 22.3 Å². The molecule has 0 amide bonds. The first kappa shape index (κ1) is 44.4. The number of fused-ring (bicyclic) bond motifs is 8. The standard InChI is InChI=1S/C42H24Cl2F14N4/c1-19-5-3-7-21(17-19)31-23-9-11-27(59-23)33(35(45)36(46)38(49,50)41(43,55)56)28-12-10-24(60-28)32(22-8-4-6-20(2)18-22)26-14-16-30(62-26)34(29-15-13-25(31)61-29)37(47,48)39(51,52)40(53,54)42(44,57)58/h3-18,59-60H,1-2H3/b31-23?,31-25?,32-24?,32-26?,33-27?,33-28?,34-29?,34-30?,36-35+. The number of aromatic amines is 2. The van der Waals surface area contributed by atoms with Gasteiger partial charge in [0.25, 0.3) is 0 Å². The van der Waals surface area contributed by atoms with E-state index in [2.05, 4.69) is 43.1 Å². The van der Waals surface area contributed by atoms with Crippen LogP contribution in [0.25, 0.3) is 74.5 Å². The molecule has 2 aliphatic heterocycles. The Morgan fingerprint density at radius 1 is 0.516 bits per heavy atom. The number of allylic oxidation sites excluding steroid dienone is 1. The van der Waals surface area contributed by atoms with E-state index in [1.54, 1.807) is 26.0 Å². The van der Waals surface area contributed by atoms with Crippen molar-refractivity contribution in [3.63, 3.8) is 0 Å². The number of rotatable bonds is 9. The van der Waals surface area contributed by atoms with E-state index < -0.39 is 91.0 Å². The number of H-pyrrole nitrogens is 2. The number of hydrogen-bond donors (Lipinski definition) is 2. The van der Waals surface area contributed by atoms with Crippen molar-refractivity contribution >= 4 is 75.4 Å². The summed E-state index contributed by atoms with van der Waals surface area (Å²) in [5, 5.41) is -11.8. The first-order valence-corrected chi connectivity index (χ1v) is 18.5. The van der Waals surface area contributed by atoms with Gasteiger partial charge in [0, 0.05) is 22.2 Å². The van der Waals surface area contributed by atoms with Gasteiger partial charge in [0.1, 0.15) is 0 Å². The molecule has 0 atom stereocenters. The fourth-order valence-corrected chi connectivity index (χ4v) is 7.08. The van der Waals surface area contributed by atoms with Gasteiger partial charge < -0.3 is 9.97 Å². The lowest BCUT2D eigenvalue weighted by molar-refractivity contribution is -0.353. The van der Waals surface area contributed by atoms with Gasteiger partial charge in [-0.15, -0.1) is 0 Å². The molecule has 324 valence electrons. The number of benzene rings is 2. The van der Waals surface area contributed by atoms with E-state index in [0.29, 0.717) is 23.3 Å². The third kappa shape index (κ3) is 7.23. The Morgan fingerprint density at radius 3 is 1.31 bits per heavy atom. The summed E-state index contributed by atoms with van der Waals surface area (Å²) < 4.78 is 210. The van der Waals surface area contributed by atoms with E-state index in [-0.39, 0.29) is 33.3 Å². The van der Waals surface area contributed by atoms with Gasteiger partial charge in [-0.25, -0.2) is 18.7 Å². The summed E-state index contributed by atoms with van der Waals surface area (Å²) in [6.45, 7) is 3.21. The number of aryl methyl sites for hydroxylation is 2. The molecule has 2 aromatic carbocycles. The maximum Gasteiger partial charge on any atom is 0.393 e. The first-order valence-electron chi connectivity index (χ1n) is 17.7. The Balaban J connectivity index is 1.73. The van der Waals surface area contributed by atoms with Gasteiger partial charge in [-0.05, 0) is 96.7 Å². The first-order chi connectivity index (χ1) is 28.7. The number of alkyl halides is 14. The predicted molar refractivity (Wildman–Crippen MR) is 209 cm³/mol. The molecule has 2 aliphatic rings. The van der Waals surface area contributed by atoms with Crippen LogP contribution in [0.15, 0.2) is 78.6 Å². The van der Waals surface area contributed by atoms with Crippen molar-refractivity contribution in [2.75, 3.05) is 0 Å². The summed E-state index contributed by atoms with van der Waals surface area (Å²) in [6, 6.07) is 16.3. The molecule has 0 unspecified atom stereocenters. The summed E-state index contributed by atoms with van der Waals surface area (Å²) in [4.78, 5) is 13.5. The van der Waals surface area contributed by atoms with Gasteiger partial charge in [0.15, 0.2) is 5.83 Å². The third-order valence-electron chi connectivity index (χ3n) is 9.87. The van der Waals surface area contributed by atoms with Crippen LogP contribution in [0, 0.1) is 13.8 Å². The molecule has 0 saturated heterocycles. The molecule has 0 aliphatic carbocycles. The zero-order valence-corrected chi connectivity index (χ0v) is 32.7. The molecule has 5 aromatic rings. The highest BCUT2D eigenvalue weighted by Gasteiger charge is 2.81. The van der Waals surface area contributed by atoms with Crippen molar-refractivity contribution in [1.82, 2.24) is 19.9 Å². The van der Waals surface area contributed by atoms with Crippen molar-refractivity contribution in [3.05, 3.63) is 124 Å². The van der Waals surface area contributed by atoms with Crippen LogP contribution < -0.4 is 0 Å². The fourth-order valence-electron chi connectivity index (χ4n) is 6.88. The van der Waals surface area contributed by atoms with Crippen LogP contribution in [0.4, 0.5) is 61.5 Å². The molecule has 62 heavy (non-hydrogen) atoms. The highest BCUT2D eigenvalue weighted by Crippen LogP contribution is 2.58. The molecule has 7 rings (SSSR count). The minimum absolute atomic E-state index is 0.148. The minimum atomic E-state index is -6.92. The Morgan fingerprint density at radius 2 is 0.919 bits per heavy atom. The lowest BCUT2D eigenvalue weighted by Crippen LogP contribution is -2.59. The van der Waals surface area contributed by atoms with Gasteiger partial charge in [-0.1, -0.05) is 59.7 Å². The number of aromatic nitrogens is 4. The van der Waals surface area contributed by atoms with Gasteiger partial charge in [-0.2, -0.15) is 52.7 Å². The summed E-state index contributed by atoms with van der Waals surface area (Å²) in [6.07, 6.45) is 3.27. The van der Waals surface area contributed by atoms with Gasteiger partial charge in [0.05, 0.1) is 44.9 Å². The van der Waals surface area contributed by atoms with E-state index in [9.17, 15) is 35.1 Å². The lowest BCUT2D eigenvalue weighted by Gasteiger charge is -2.34. The summed E-state index contributed by atoms with van der Waals surface area (Å²) in [5.74, 6) is -31.7.